The summed E-state index contributed by atoms with van der Waals surface area (Å²) in [6.45, 7) is 3.82. The highest BCUT2D eigenvalue weighted by Crippen LogP contribution is 2.36. The summed E-state index contributed by atoms with van der Waals surface area (Å²) in [7, 11) is 0. The Bertz CT molecular complexity index is 558. The standard InChI is InChI=1S/C22H33NO3/c1-2-23-15-7-6-10-19-20(22(26)16-21(19)25)14-13-18(24)12-11-17-8-4-3-5-9-17/h3-9,13-14,18-26H,2,10-12,15-16H2,1H3/b7-6-,14-13+/t18-,19+,20+,21-,22+/m0/s1. The fourth-order valence-electron chi connectivity index (χ4n) is 3.58. The minimum absolute atomic E-state index is 0.000417. The molecular formula is C22H33NO3. The van der Waals surface area contributed by atoms with Gasteiger partial charge in [0, 0.05) is 18.9 Å². The molecule has 1 aliphatic rings. The molecule has 5 atom stereocenters. The van der Waals surface area contributed by atoms with Gasteiger partial charge in [0.1, 0.15) is 0 Å². The van der Waals surface area contributed by atoms with Crippen molar-refractivity contribution in [1.82, 2.24) is 5.32 Å². The third-order valence-corrected chi connectivity index (χ3v) is 5.13. The maximum atomic E-state index is 10.3. The Balaban J connectivity index is 1.85. The van der Waals surface area contributed by atoms with E-state index < -0.39 is 18.3 Å². The number of rotatable bonds is 10. The number of aliphatic hydroxyl groups is 3. The second-order valence-electron chi connectivity index (χ2n) is 7.10. The summed E-state index contributed by atoms with van der Waals surface area (Å²) in [6.07, 6.45) is 8.85. The maximum absolute atomic E-state index is 10.3. The average molecular weight is 360 g/mol. The van der Waals surface area contributed by atoms with Crippen LogP contribution in [0, 0.1) is 11.8 Å². The molecule has 1 aromatic carbocycles. The van der Waals surface area contributed by atoms with E-state index in [0.29, 0.717) is 12.8 Å². The minimum Gasteiger partial charge on any atom is -0.393 e. The molecule has 4 N–H and O–H groups in total. The highest BCUT2D eigenvalue weighted by molar-refractivity contribution is 5.15. The van der Waals surface area contributed by atoms with E-state index in [4.69, 9.17) is 0 Å². The highest BCUT2D eigenvalue weighted by atomic mass is 16.3. The Kier molecular flexibility index (Phi) is 9.06. The molecule has 0 aromatic heterocycles. The van der Waals surface area contributed by atoms with Crippen LogP contribution in [-0.4, -0.2) is 46.7 Å². The molecule has 4 heteroatoms. The van der Waals surface area contributed by atoms with Gasteiger partial charge in [-0.15, -0.1) is 0 Å². The van der Waals surface area contributed by atoms with Gasteiger partial charge in [0.25, 0.3) is 0 Å². The molecule has 1 fully saturated rings. The zero-order valence-corrected chi connectivity index (χ0v) is 15.7. The Morgan fingerprint density at radius 2 is 1.92 bits per heavy atom. The number of hydrogen-bond acceptors (Lipinski definition) is 4. The van der Waals surface area contributed by atoms with Gasteiger partial charge in [-0.05, 0) is 37.3 Å². The monoisotopic (exact) mass is 359 g/mol. The summed E-state index contributed by atoms with van der Waals surface area (Å²) in [5.41, 5.74) is 1.21. The van der Waals surface area contributed by atoms with Gasteiger partial charge in [-0.3, -0.25) is 0 Å². The lowest BCUT2D eigenvalue weighted by atomic mass is 9.89. The lowest BCUT2D eigenvalue weighted by molar-refractivity contribution is 0.120. The van der Waals surface area contributed by atoms with Gasteiger partial charge in [-0.25, -0.2) is 0 Å². The van der Waals surface area contributed by atoms with Crippen LogP contribution < -0.4 is 5.32 Å². The van der Waals surface area contributed by atoms with Crippen molar-refractivity contribution in [2.24, 2.45) is 11.8 Å². The van der Waals surface area contributed by atoms with Gasteiger partial charge in [0.15, 0.2) is 0 Å². The van der Waals surface area contributed by atoms with Crippen LogP contribution >= 0.6 is 0 Å². The second-order valence-corrected chi connectivity index (χ2v) is 7.10. The van der Waals surface area contributed by atoms with Crippen molar-refractivity contribution in [1.29, 1.82) is 0 Å². The molecule has 0 spiro atoms. The first-order valence-electron chi connectivity index (χ1n) is 9.74. The summed E-state index contributed by atoms with van der Waals surface area (Å²) in [4.78, 5) is 0. The molecule has 0 aliphatic heterocycles. The number of nitrogens with one attached hydrogen (secondary N) is 1. The van der Waals surface area contributed by atoms with Crippen molar-refractivity contribution in [3.63, 3.8) is 0 Å². The van der Waals surface area contributed by atoms with E-state index in [1.807, 2.05) is 24.3 Å². The molecule has 2 rings (SSSR count). The van der Waals surface area contributed by atoms with Crippen molar-refractivity contribution < 1.29 is 15.3 Å². The van der Waals surface area contributed by atoms with Crippen LogP contribution in [0.1, 0.15) is 31.7 Å². The van der Waals surface area contributed by atoms with E-state index in [0.717, 1.165) is 25.9 Å². The molecular weight excluding hydrogens is 326 g/mol. The molecule has 1 aliphatic carbocycles. The van der Waals surface area contributed by atoms with E-state index in [2.05, 4.69) is 36.5 Å². The predicted molar refractivity (Wildman–Crippen MR) is 106 cm³/mol. The predicted octanol–water partition coefficient (Wildman–Crippen LogP) is 2.45. The number of allylic oxidation sites excluding steroid dienone is 1. The van der Waals surface area contributed by atoms with Gasteiger partial charge in [-0.2, -0.15) is 0 Å². The quantitative estimate of drug-likeness (QED) is 0.382. The van der Waals surface area contributed by atoms with Crippen LogP contribution in [-0.2, 0) is 6.42 Å². The third-order valence-electron chi connectivity index (χ3n) is 5.13. The van der Waals surface area contributed by atoms with Crippen LogP contribution in [0.5, 0.6) is 0 Å². The Labute approximate surface area is 157 Å². The first kappa shape index (κ1) is 20.8. The molecule has 0 amide bonds. The van der Waals surface area contributed by atoms with Gasteiger partial charge >= 0.3 is 0 Å². The minimum atomic E-state index is -0.547. The van der Waals surface area contributed by atoms with E-state index in [1.165, 1.54) is 5.56 Å². The molecule has 0 saturated heterocycles. The maximum Gasteiger partial charge on any atom is 0.0724 e. The summed E-state index contributed by atoms with van der Waals surface area (Å²) < 4.78 is 0. The van der Waals surface area contributed by atoms with Gasteiger partial charge in [-0.1, -0.05) is 61.6 Å². The normalized spacial score (nSPS) is 27.5. The Morgan fingerprint density at radius 3 is 2.65 bits per heavy atom. The summed E-state index contributed by atoms with van der Waals surface area (Å²) in [5, 5.41) is 34.0. The van der Waals surface area contributed by atoms with Gasteiger partial charge in [0.2, 0.25) is 0 Å². The highest BCUT2D eigenvalue weighted by Gasteiger charge is 2.39. The first-order valence-corrected chi connectivity index (χ1v) is 9.74. The number of hydrogen-bond donors (Lipinski definition) is 4. The number of aliphatic hydroxyl groups excluding tert-OH is 3. The van der Waals surface area contributed by atoms with Crippen LogP contribution in [0.2, 0.25) is 0 Å². The molecule has 144 valence electrons. The Hall–Kier alpha value is -1.46. The topological polar surface area (TPSA) is 72.7 Å². The smallest absolute Gasteiger partial charge is 0.0724 e. The second kappa shape index (κ2) is 11.3. The van der Waals surface area contributed by atoms with Gasteiger partial charge < -0.3 is 20.6 Å². The largest absolute Gasteiger partial charge is 0.393 e. The van der Waals surface area contributed by atoms with E-state index in [1.54, 1.807) is 6.08 Å². The molecule has 0 heterocycles. The fraction of sp³-hybridized carbons (Fsp3) is 0.545. The molecule has 26 heavy (non-hydrogen) atoms. The van der Waals surface area contributed by atoms with Crippen LogP contribution in [0.4, 0.5) is 0 Å². The molecule has 1 aromatic rings. The lowest BCUT2D eigenvalue weighted by Gasteiger charge is -2.19. The SMILES string of the molecule is CCNC/C=C\C[C@@H]1[C@@H](/C=C/[C@@H](O)CCc2ccccc2)[C@H](O)C[C@@H]1O. The van der Waals surface area contributed by atoms with Crippen LogP contribution in [0.3, 0.4) is 0 Å². The van der Waals surface area contributed by atoms with E-state index in [9.17, 15) is 15.3 Å². The number of benzene rings is 1. The first-order chi connectivity index (χ1) is 12.6. The van der Waals surface area contributed by atoms with E-state index in [-0.39, 0.29) is 11.8 Å². The summed E-state index contributed by atoms with van der Waals surface area (Å²) in [5.74, 6) is -0.111. The van der Waals surface area contributed by atoms with E-state index >= 15 is 0 Å². The van der Waals surface area contributed by atoms with Crippen molar-refractivity contribution >= 4 is 0 Å². The molecule has 0 bridgehead atoms. The average Bonchev–Trinajstić information content (AvgIpc) is 2.91. The van der Waals surface area contributed by atoms with Crippen molar-refractivity contribution in [2.45, 2.75) is 50.9 Å². The summed E-state index contributed by atoms with van der Waals surface area (Å²) in [6, 6.07) is 10.1. The number of aryl methyl sites for hydroxylation is 1. The van der Waals surface area contributed by atoms with Crippen molar-refractivity contribution in [2.75, 3.05) is 13.1 Å². The van der Waals surface area contributed by atoms with Crippen molar-refractivity contribution in [3.05, 3.63) is 60.2 Å². The molecule has 4 nitrogen and oxygen atoms in total. The Morgan fingerprint density at radius 1 is 1.15 bits per heavy atom. The van der Waals surface area contributed by atoms with Crippen LogP contribution in [0.15, 0.2) is 54.6 Å². The number of likely N-dealkylation sites (N-methyl/N-ethyl adjacent to an activating group) is 1. The zero-order valence-electron chi connectivity index (χ0n) is 15.7. The molecule has 0 unspecified atom stereocenters. The van der Waals surface area contributed by atoms with Crippen molar-refractivity contribution in [3.8, 4) is 0 Å². The van der Waals surface area contributed by atoms with Gasteiger partial charge in [0.05, 0.1) is 18.3 Å². The molecule has 1 saturated carbocycles. The fourth-order valence-corrected chi connectivity index (χ4v) is 3.58. The zero-order chi connectivity index (χ0) is 18.8. The lowest BCUT2D eigenvalue weighted by Crippen LogP contribution is -2.20. The van der Waals surface area contributed by atoms with Crippen LogP contribution in [0.25, 0.3) is 0 Å². The summed E-state index contributed by atoms with van der Waals surface area (Å²) >= 11 is 0. The third kappa shape index (κ3) is 6.69. The molecule has 0 radical (unpaired) electrons.